The summed E-state index contributed by atoms with van der Waals surface area (Å²) >= 11 is 0. The predicted octanol–water partition coefficient (Wildman–Crippen LogP) is 2.70. The van der Waals surface area contributed by atoms with Crippen LogP contribution in [0.3, 0.4) is 0 Å². The van der Waals surface area contributed by atoms with Crippen LogP contribution in [-0.2, 0) is 16.6 Å². The first-order chi connectivity index (χ1) is 10.9. The van der Waals surface area contributed by atoms with Crippen molar-refractivity contribution in [2.45, 2.75) is 18.4 Å². The fourth-order valence-corrected chi connectivity index (χ4v) is 3.39. The van der Waals surface area contributed by atoms with Gasteiger partial charge in [-0.05, 0) is 37.3 Å². The van der Waals surface area contributed by atoms with E-state index in [0.717, 1.165) is 11.1 Å². The van der Waals surface area contributed by atoms with Crippen molar-refractivity contribution in [2.24, 2.45) is 0 Å². The molecule has 6 heteroatoms. The van der Waals surface area contributed by atoms with Crippen LogP contribution in [0.5, 0.6) is 5.75 Å². The number of ether oxygens (including phenoxy) is 1. The summed E-state index contributed by atoms with van der Waals surface area (Å²) in [6.07, 6.45) is 0. The molecule has 0 amide bonds. The van der Waals surface area contributed by atoms with E-state index >= 15 is 0 Å². The highest BCUT2D eigenvalue weighted by Gasteiger charge is 2.22. The second-order valence-electron chi connectivity index (χ2n) is 5.21. The Bertz CT molecular complexity index is 837. The van der Waals surface area contributed by atoms with E-state index < -0.39 is 10.0 Å². The average Bonchev–Trinajstić information content (AvgIpc) is 2.55. The second-order valence-corrected chi connectivity index (χ2v) is 7.26. The van der Waals surface area contributed by atoms with Gasteiger partial charge in [0.25, 0.3) is 0 Å². The highest BCUT2D eigenvalue weighted by atomic mass is 32.2. The first-order valence-corrected chi connectivity index (χ1v) is 8.42. The van der Waals surface area contributed by atoms with Crippen LogP contribution in [-0.4, -0.2) is 26.9 Å². The number of rotatable bonds is 5. The van der Waals surface area contributed by atoms with E-state index in [1.165, 1.54) is 35.6 Å². The fourth-order valence-electron chi connectivity index (χ4n) is 2.24. The molecule has 0 radical (unpaired) electrons. The molecule has 0 spiro atoms. The molecule has 120 valence electrons. The molecule has 0 atom stereocenters. The molecular weight excluding hydrogens is 312 g/mol. The molecule has 5 nitrogen and oxygen atoms in total. The van der Waals surface area contributed by atoms with Gasteiger partial charge in [-0.15, -0.1) is 0 Å². The van der Waals surface area contributed by atoms with Crippen molar-refractivity contribution in [1.29, 1.82) is 5.26 Å². The molecule has 2 aromatic rings. The van der Waals surface area contributed by atoms with Crippen LogP contribution < -0.4 is 4.74 Å². The van der Waals surface area contributed by atoms with Gasteiger partial charge in [0.2, 0.25) is 10.0 Å². The van der Waals surface area contributed by atoms with E-state index in [1.807, 2.05) is 31.2 Å². The molecule has 0 fully saturated rings. The summed E-state index contributed by atoms with van der Waals surface area (Å²) in [5, 5.41) is 8.80. The van der Waals surface area contributed by atoms with E-state index in [2.05, 4.69) is 0 Å². The third-order valence-corrected chi connectivity index (χ3v) is 5.34. The zero-order valence-corrected chi connectivity index (χ0v) is 14.1. The van der Waals surface area contributed by atoms with Crippen LogP contribution in [0.15, 0.2) is 47.4 Å². The molecule has 0 aromatic heterocycles. The Hall–Kier alpha value is -2.36. The lowest BCUT2D eigenvalue weighted by Gasteiger charge is -2.19. The predicted molar refractivity (Wildman–Crippen MR) is 87.5 cm³/mol. The maximum atomic E-state index is 12.6. The van der Waals surface area contributed by atoms with Crippen molar-refractivity contribution in [1.82, 2.24) is 4.31 Å². The van der Waals surface area contributed by atoms with Gasteiger partial charge in [-0.2, -0.15) is 9.57 Å². The van der Waals surface area contributed by atoms with Crippen molar-refractivity contribution in [3.8, 4) is 11.8 Å². The van der Waals surface area contributed by atoms with Crippen LogP contribution in [0.25, 0.3) is 0 Å². The lowest BCUT2D eigenvalue weighted by Crippen LogP contribution is -2.26. The van der Waals surface area contributed by atoms with Crippen molar-refractivity contribution in [2.75, 3.05) is 14.2 Å². The number of methoxy groups -OCH3 is 1. The quantitative estimate of drug-likeness (QED) is 0.845. The van der Waals surface area contributed by atoms with Crippen LogP contribution in [0.4, 0.5) is 0 Å². The zero-order valence-electron chi connectivity index (χ0n) is 13.3. The Morgan fingerprint density at radius 3 is 2.39 bits per heavy atom. The van der Waals surface area contributed by atoms with E-state index in [9.17, 15) is 8.42 Å². The number of nitriles is 1. The topological polar surface area (TPSA) is 70.4 Å². The van der Waals surface area contributed by atoms with Gasteiger partial charge in [0.1, 0.15) is 5.75 Å². The summed E-state index contributed by atoms with van der Waals surface area (Å²) in [6.45, 7) is 2.14. The van der Waals surface area contributed by atoms with Crippen molar-refractivity contribution >= 4 is 10.0 Å². The van der Waals surface area contributed by atoms with Crippen molar-refractivity contribution < 1.29 is 13.2 Å². The summed E-state index contributed by atoms with van der Waals surface area (Å²) in [7, 11) is -0.550. The van der Waals surface area contributed by atoms with Crippen LogP contribution in [0.2, 0.25) is 0 Å². The minimum atomic E-state index is -3.63. The van der Waals surface area contributed by atoms with Gasteiger partial charge in [0.05, 0.1) is 23.6 Å². The lowest BCUT2D eigenvalue weighted by atomic mass is 10.1. The van der Waals surface area contributed by atoms with Gasteiger partial charge in [-0.25, -0.2) is 8.42 Å². The van der Waals surface area contributed by atoms with Gasteiger partial charge in [-0.3, -0.25) is 0 Å². The highest BCUT2D eigenvalue weighted by molar-refractivity contribution is 7.89. The Morgan fingerprint density at radius 1 is 1.17 bits per heavy atom. The fraction of sp³-hybridized carbons (Fsp3) is 0.235. The maximum Gasteiger partial charge on any atom is 0.243 e. The summed E-state index contributed by atoms with van der Waals surface area (Å²) in [4.78, 5) is 0.158. The Kier molecular flexibility index (Phi) is 5.04. The first-order valence-electron chi connectivity index (χ1n) is 6.98. The molecule has 0 saturated heterocycles. The highest BCUT2D eigenvalue weighted by Crippen LogP contribution is 2.24. The molecule has 0 unspecified atom stereocenters. The molecule has 0 heterocycles. The van der Waals surface area contributed by atoms with Gasteiger partial charge in [0.15, 0.2) is 0 Å². The molecule has 0 saturated carbocycles. The Balaban J connectivity index is 2.30. The lowest BCUT2D eigenvalue weighted by molar-refractivity contribution is 0.398. The normalized spacial score (nSPS) is 11.3. The van der Waals surface area contributed by atoms with E-state index in [1.54, 1.807) is 7.11 Å². The molecule has 0 aliphatic carbocycles. The molecule has 23 heavy (non-hydrogen) atoms. The molecule has 0 bridgehead atoms. The molecule has 2 rings (SSSR count). The molecule has 0 aliphatic rings. The van der Waals surface area contributed by atoms with E-state index in [4.69, 9.17) is 10.00 Å². The number of benzene rings is 2. The molecular formula is C17H18N2O3S. The van der Waals surface area contributed by atoms with Crippen molar-refractivity contribution in [3.63, 3.8) is 0 Å². The van der Waals surface area contributed by atoms with Gasteiger partial charge in [0, 0.05) is 19.2 Å². The van der Waals surface area contributed by atoms with E-state index in [0.29, 0.717) is 11.3 Å². The Labute approximate surface area is 136 Å². The summed E-state index contributed by atoms with van der Waals surface area (Å²) < 4.78 is 31.8. The summed E-state index contributed by atoms with van der Waals surface area (Å²) in [6, 6.07) is 13.5. The SMILES string of the molecule is COc1ccc(C)cc1CN(C)S(=O)(=O)c1ccc(C#N)cc1. The third kappa shape index (κ3) is 3.70. The van der Waals surface area contributed by atoms with Gasteiger partial charge >= 0.3 is 0 Å². The van der Waals surface area contributed by atoms with Crippen LogP contribution in [0.1, 0.15) is 16.7 Å². The summed E-state index contributed by atoms with van der Waals surface area (Å²) in [5.74, 6) is 0.650. The largest absolute Gasteiger partial charge is 0.496 e. The third-order valence-electron chi connectivity index (χ3n) is 3.52. The minimum Gasteiger partial charge on any atom is -0.496 e. The van der Waals surface area contributed by atoms with E-state index in [-0.39, 0.29) is 11.4 Å². The molecule has 0 aliphatic heterocycles. The number of hydrogen-bond acceptors (Lipinski definition) is 4. The van der Waals surface area contributed by atoms with Crippen LogP contribution in [0, 0.1) is 18.3 Å². The molecule has 0 N–H and O–H groups in total. The van der Waals surface area contributed by atoms with Crippen LogP contribution >= 0.6 is 0 Å². The minimum absolute atomic E-state index is 0.158. The zero-order chi connectivity index (χ0) is 17.0. The second kappa shape index (κ2) is 6.82. The maximum absolute atomic E-state index is 12.6. The monoisotopic (exact) mass is 330 g/mol. The van der Waals surface area contributed by atoms with Crippen molar-refractivity contribution in [3.05, 3.63) is 59.2 Å². The number of sulfonamides is 1. The average molecular weight is 330 g/mol. The summed E-state index contributed by atoms with van der Waals surface area (Å²) in [5.41, 5.74) is 2.25. The smallest absolute Gasteiger partial charge is 0.243 e. The number of aryl methyl sites for hydroxylation is 1. The number of nitrogens with zero attached hydrogens (tertiary/aromatic N) is 2. The van der Waals surface area contributed by atoms with Gasteiger partial charge in [-0.1, -0.05) is 17.7 Å². The standard InChI is InChI=1S/C17H18N2O3S/c1-13-4-9-17(22-3)15(10-13)12-19(2)23(20,21)16-7-5-14(11-18)6-8-16/h4-10H,12H2,1-3H3. The Morgan fingerprint density at radius 2 is 1.83 bits per heavy atom. The van der Waals surface area contributed by atoms with Gasteiger partial charge < -0.3 is 4.74 Å². The first kappa shape index (κ1) is 17.0. The number of hydrogen-bond donors (Lipinski definition) is 0. The molecule has 2 aromatic carbocycles.